The van der Waals surface area contributed by atoms with Crippen molar-refractivity contribution in [1.82, 2.24) is 10.2 Å². The molecule has 0 radical (unpaired) electrons. The average Bonchev–Trinajstić information content (AvgIpc) is 2.59. The van der Waals surface area contributed by atoms with Gasteiger partial charge in [-0.15, -0.1) is 0 Å². The van der Waals surface area contributed by atoms with Gasteiger partial charge in [0.1, 0.15) is 0 Å². The molecule has 1 heterocycles. The topological polar surface area (TPSA) is 49.4 Å². The Morgan fingerprint density at radius 2 is 1.96 bits per heavy atom. The van der Waals surface area contributed by atoms with Gasteiger partial charge in [0.05, 0.1) is 0 Å². The highest BCUT2D eigenvalue weighted by molar-refractivity contribution is 5.84. The van der Waals surface area contributed by atoms with Crippen LogP contribution in [0.4, 0.5) is 0 Å². The number of rotatable bonds is 4. The first-order chi connectivity index (χ1) is 11.6. The van der Waals surface area contributed by atoms with E-state index in [1.807, 2.05) is 17.0 Å². The normalized spacial score (nSPS) is 23.5. The minimum atomic E-state index is 0.0276. The Hall–Kier alpha value is -1.84. The molecule has 1 saturated carbocycles. The zero-order valence-electron chi connectivity index (χ0n) is 14.6. The van der Waals surface area contributed by atoms with Crippen LogP contribution in [0.1, 0.15) is 56.6 Å². The monoisotopic (exact) mass is 328 g/mol. The maximum Gasteiger partial charge on any atom is 0.223 e. The van der Waals surface area contributed by atoms with E-state index in [0.29, 0.717) is 31.3 Å². The van der Waals surface area contributed by atoms with Crippen LogP contribution in [-0.2, 0) is 22.6 Å². The smallest absolute Gasteiger partial charge is 0.223 e. The van der Waals surface area contributed by atoms with Crippen molar-refractivity contribution in [2.45, 2.75) is 64.5 Å². The zero-order valence-corrected chi connectivity index (χ0v) is 14.6. The molecule has 1 aromatic carbocycles. The third-order valence-corrected chi connectivity index (χ3v) is 5.35. The molecule has 1 aliphatic carbocycles. The molecule has 0 aromatic heterocycles. The fourth-order valence-corrected chi connectivity index (χ4v) is 3.95. The van der Waals surface area contributed by atoms with Gasteiger partial charge in [0.15, 0.2) is 0 Å². The van der Waals surface area contributed by atoms with Crippen molar-refractivity contribution in [2.24, 2.45) is 5.92 Å². The van der Waals surface area contributed by atoms with Crippen LogP contribution in [0.5, 0.6) is 0 Å². The number of hydrogen-bond acceptors (Lipinski definition) is 2. The molecule has 1 fully saturated rings. The standard InChI is InChI=1S/C20H28N2O2/c1-15-5-4-8-18(13-15)21-19(23)9-10-20(24)22-12-11-16-6-2-3-7-17(16)14-22/h2-3,6-7,15,18H,4-5,8-14H2,1H3,(H,21,23). The van der Waals surface area contributed by atoms with E-state index in [4.69, 9.17) is 0 Å². The first kappa shape index (κ1) is 17.0. The lowest BCUT2D eigenvalue weighted by Crippen LogP contribution is -2.39. The van der Waals surface area contributed by atoms with Crippen LogP contribution in [0.3, 0.4) is 0 Å². The van der Waals surface area contributed by atoms with Gasteiger partial charge in [-0.2, -0.15) is 0 Å². The summed E-state index contributed by atoms with van der Waals surface area (Å²) in [5.74, 6) is 0.815. The highest BCUT2D eigenvalue weighted by Gasteiger charge is 2.23. The molecule has 4 heteroatoms. The second-order valence-electron chi connectivity index (χ2n) is 7.37. The molecule has 2 amide bonds. The Bertz CT molecular complexity index is 599. The van der Waals surface area contributed by atoms with Gasteiger partial charge in [-0.3, -0.25) is 9.59 Å². The summed E-state index contributed by atoms with van der Waals surface area (Å²) < 4.78 is 0. The van der Waals surface area contributed by atoms with Gasteiger partial charge in [-0.25, -0.2) is 0 Å². The maximum absolute atomic E-state index is 12.4. The van der Waals surface area contributed by atoms with E-state index < -0.39 is 0 Å². The third-order valence-electron chi connectivity index (χ3n) is 5.35. The van der Waals surface area contributed by atoms with Crippen molar-refractivity contribution in [3.8, 4) is 0 Å². The van der Waals surface area contributed by atoms with E-state index in [1.54, 1.807) is 0 Å². The minimum absolute atomic E-state index is 0.0276. The number of hydrogen-bond donors (Lipinski definition) is 1. The predicted octanol–water partition coefficient (Wildman–Crippen LogP) is 3.05. The molecule has 24 heavy (non-hydrogen) atoms. The predicted molar refractivity (Wildman–Crippen MR) is 94.4 cm³/mol. The first-order valence-corrected chi connectivity index (χ1v) is 9.25. The van der Waals surface area contributed by atoms with Gasteiger partial charge in [-0.1, -0.05) is 44.0 Å². The lowest BCUT2D eigenvalue weighted by molar-refractivity contribution is -0.134. The fourth-order valence-electron chi connectivity index (χ4n) is 3.95. The van der Waals surface area contributed by atoms with E-state index >= 15 is 0 Å². The SMILES string of the molecule is CC1CCCC(NC(=O)CCC(=O)N2CCc3ccccc3C2)C1. The number of amides is 2. The molecule has 2 aliphatic rings. The molecule has 1 N–H and O–H groups in total. The Balaban J connectivity index is 1.43. The molecule has 4 nitrogen and oxygen atoms in total. The lowest BCUT2D eigenvalue weighted by atomic mass is 9.87. The van der Waals surface area contributed by atoms with Gasteiger partial charge in [0.2, 0.25) is 11.8 Å². The van der Waals surface area contributed by atoms with E-state index in [-0.39, 0.29) is 11.8 Å². The Morgan fingerprint density at radius 3 is 2.75 bits per heavy atom. The van der Waals surface area contributed by atoms with Crippen LogP contribution in [0.15, 0.2) is 24.3 Å². The quantitative estimate of drug-likeness (QED) is 0.923. The lowest BCUT2D eigenvalue weighted by Gasteiger charge is -2.29. The molecule has 1 aromatic rings. The van der Waals surface area contributed by atoms with Crippen LogP contribution >= 0.6 is 0 Å². The van der Waals surface area contributed by atoms with E-state index in [1.165, 1.54) is 24.0 Å². The van der Waals surface area contributed by atoms with Crippen LogP contribution in [0.2, 0.25) is 0 Å². The minimum Gasteiger partial charge on any atom is -0.353 e. The van der Waals surface area contributed by atoms with E-state index in [9.17, 15) is 9.59 Å². The van der Waals surface area contributed by atoms with Gasteiger partial charge in [0.25, 0.3) is 0 Å². The molecule has 0 saturated heterocycles. The van der Waals surface area contributed by atoms with Gasteiger partial charge in [-0.05, 0) is 36.3 Å². The van der Waals surface area contributed by atoms with Crippen molar-refractivity contribution in [1.29, 1.82) is 0 Å². The third kappa shape index (κ3) is 4.37. The van der Waals surface area contributed by atoms with Crippen LogP contribution < -0.4 is 5.32 Å². The highest BCUT2D eigenvalue weighted by atomic mass is 16.2. The molecule has 2 unspecified atom stereocenters. The molecule has 1 aliphatic heterocycles. The summed E-state index contributed by atoms with van der Waals surface area (Å²) in [7, 11) is 0. The Labute approximate surface area is 144 Å². The summed E-state index contributed by atoms with van der Waals surface area (Å²) >= 11 is 0. The first-order valence-electron chi connectivity index (χ1n) is 9.25. The van der Waals surface area contributed by atoms with Crippen LogP contribution in [0.25, 0.3) is 0 Å². The van der Waals surface area contributed by atoms with Crippen LogP contribution in [0, 0.1) is 5.92 Å². The van der Waals surface area contributed by atoms with Gasteiger partial charge in [0, 0.05) is 32.0 Å². The van der Waals surface area contributed by atoms with Gasteiger partial charge < -0.3 is 10.2 Å². The molecule has 2 atom stereocenters. The summed E-state index contributed by atoms with van der Waals surface area (Å²) in [6.45, 7) is 3.68. The second kappa shape index (κ2) is 7.82. The zero-order chi connectivity index (χ0) is 16.9. The Kier molecular flexibility index (Phi) is 5.54. The summed E-state index contributed by atoms with van der Waals surface area (Å²) in [6.07, 6.45) is 6.14. The fraction of sp³-hybridized carbons (Fsp3) is 0.600. The molecule has 3 rings (SSSR count). The second-order valence-corrected chi connectivity index (χ2v) is 7.37. The molecule has 0 spiro atoms. The van der Waals surface area contributed by atoms with Crippen molar-refractivity contribution in [2.75, 3.05) is 6.54 Å². The highest BCUT2D eigenvalue weighted by Crippen LogP contribution is 2.23. The molecule has 0 bridgehead atoms. The van der Waals surface area contributed by atoms with E-state index in [2.05, 4.69) is 24.4 Å². The number of nitrogens with zero attached hydrogens (tertiary/aromatic N) is 1. The number of fused-ring (bicyclic) bond motifs is 1. The number of benzene rings is 1. The van der Waals surface area contributed by atoms with Crippen molar-refractivity contribution < 1.29 is 9.59 Å². The Morgan fingerprint density at radius 1 is 1.17 bits per heavy atom. The van der Waals surface area contributed by atoms with Gasteiger partial charge >= 0.3 is 0 Å². The molecular formula is C20H28N2O2. The summed E-state index contributed by atoms with van der Waals surface area (Å²) in [5.41, 5.74) is 2.57. The van der Waals surface area contributed by atoms with E-state index in [0.717, 1.165) is 25.8 Å². The summed E-state index contributed by atoms with van der Waals surface area (Å²) in [5, 5.41) is 3.11. The largest absolute Gasteiger partial charge is 0.353 e. The molecule has 130 valence electrons. The van der Waals surface area contributed by atoms with Crippen molar-refractivity contribution in [3.05, 3.63) is 35.4 Å². The molecular weight excluding hydrogens is 300 g/mol. The number of carbonyl (C=O) groups is 2. The summed E-state index contributed by atoms with van der Waals surface area (Å²) in [6, 6.07) is 8.60. The number of carbonyl (C=O) groups excluding carboxylic acids is 2. The van der Waals surface area contributed by atoms with Crippen molar-refractivity contribution >= 4 is 11.8 Å². The van der Waals surface area contributed by atoms with Crippen LogP contribution in [-0.4, -0.2) is 29.3 Å². The maximum atomic E-state index is 12.4. The summed E-state index contributed by atoms with van der Waals surface area (Å²) in [4.78, 5) is 26.4. The average molecular weight is 328 g/mol. The number of nitrogens with one attached hydrogen (secondary N) is 1. The van der Waals surface area contributed by atoms with Crippen molar-refractivity contribution in [3.63, 3.8) is 0 Å².